The van der Waals surface area contributed by atoms with Gasteiger partial charge in [0.05, 0.1) is 12.4 Å². The smallest absolute Gasteiger partial charge is 0.0945 e. The number of aryl methyl sites for hydroxylation is 1. The van der Waals surface area contributed by atoms with Crippen molar-refractivity contribution in [1.29, 1.82) is 0 Å². The number of ether oxygens (including phenoxy) is 1. The molecule has 1 rings (SSSR count). The van der Waals surface area contributed by atoms with Gasteiger partial charge in [-0.25, -0.2) is 4.98 Å². The van der Waals surface area contributed by atoms with E-state index >= 15 is 0 Å². The Morgan fingerprint density at radius 3 is 2.69 bits per heavy atom. The predicted octanol–water partition coefficient (Wildman–Crippen LogP) is 3.26. The molecule has 0 N–H and O–H groups in total. The molecular formula is C13H24N2O. The van der Waals surface area contributed by atoms with Gasteiger partial charge in [0.25, 0.3) is 0 Å². The summed E-state index contributed by atoms with van der Waals surface area (Å²) >= 11 is 0. The average molecular weight is 224 g/mol. The van der Waals surface area contributed by atoms with Gasteiger partial charge in [0.15, 0.2) is 0 Å². The average Bonchev–Trinajstić information content (AvgIpc) is 2.81. The highest BCUT2D eigenvalue weighted by Gasteiger charge is 2.05. The quantitative estimate of drug-likeness (QED) is 0.602. The highest BCUT2D eigenvalue weighted by molar-refractivity contribution is 4.73. The summed E-state index contributed by atoms with van der Waals surface area (Å²) in [5.74, 6) is 0. The zero-order valence-corrected chi connectivity index (χ0v) is 10.6. The van der Waals surface area contributed by atoms with Crippen LogP contribution in [0.15, 0.2) is 18.7 Å². The molecule has 16 heavy (non-hydrogen) atoms. The van der Waals surface area contributed by atoms with E-state index < -0.39 is 0 Å². The van der Waals surface area contributed by atoms with E-state index in [1.54, 1.807) is 0 Å². The number of hydrogen-bond acceptors (Lipinski definition) is 2. The van der Waals surface area contributed by atoms with Crippen LogP contribution >= 0.6 is 0 Å². The molecule has 0 unspecified atom stereocenters. The molecule has 1 heterocycles. The topological polar surface area (TPSA) is 27.1 Å². The van der Waals surface area contributed by atoms with Crippen molar-refractivity contribution in [2.45, 2.75) is 58.1 Å². The summed E-state index contributed by atoms with van der Waals surface area (Å²) in [4.78, 5) is 4.03. The van der Waals surface area contributed by atoms with Crippen LogP contribution in [0.5, 0.6) is 0 Å². The maximum atomic E-state index is 5.47. The van der Waals surface area contributed by atoms with E-state index in [1.807, 2.05) is 25.8 Å². The zero-order chi connectivity index (χ0) is 11.6. The van der Waals surface area contributed by atoms with E-state index in [1.165, 1.54) is 38.5 Å². The van der Waals surface area contributed by atoms with Crippen molar-refractivity contribution in [3.05, 3.63) is 18.7 Å². The Bertz CT molecular complexity index is 246. The fourth-order valence-electron chi connectivity index (χ4n) is 1.90. The van der Waals surface area contributed by atoms with Gasteiger partial charge in [0, 0.05) is 26.0 Å². The van der Waals surface area contributed by atoms with Gasteiger partial charge in [-0.3, -0.25) is 0 Å². The molecule has 92 valence electrons. The Morgan fingerprint density at radius 1 is 1.25 bits per heavy atom. The van der Waals surface area contributed by atoms with Crippen molar-refractivity contribution in [2.24, 2.45) is 0 Å². The fraction of sp³-hybridized carbons (Fsp3) is 0.769. The normalized spacial score (nSPS) is 12.9. The van der Waals surface area contributed by atoms with Crippen LogP contribution in [-0.4, -0.2) is 22.8 Å². The molecule has 0 aliphatic carbocycles. The molecule has 0 aliphatic heterocycles. The van der Waals surface area contributed by atoms with Crippen molar-refractivity contribution >= 4 is 0 Å². The molecule has 0 spiro atoms. The van der Waals surface area contributed by atoms with Gasteiger partial charge in [-0.2, -0.15) is 0 Å². The third-order valence-electron chi connectivity index (χ3n) is 2.96. The Balaban J connectivity index is 2.04. The van der Waals surface area contributed by atoms with Crippen molar-refractivity contribution in [1.82, 2.24) is 9.55 Å². The Kier molecular flexibility index (Phi) is 6.90. The van der Waals surface area contributed by atoms with E-state index in [-0.39, 0.29) is 0 Å². The minimum atomic E-state index is 0.461. The first kappa shape index (κ1) is 13.2. The second-order valence-electron chi connectivity index (χ2n) is 4.30. The highest BCUT2D eigenvalue weighted by Crippen LogP contribution is 2.12. The summed E-state index contributed by atoms with van der Waals surface area (Å²) in [6, 6.07) is 0. The molecule has 1 aromatic heterocycles. The van der Waals surface area contributed by atoms with Crippen LogP contribution in [0.2, 0.25) is 0 Å². The number of rotatable bonds is 9. The van der Waals surface area contributed by atoms with Crippen molar-refractivity contribution in [3.8, 4) is 0 Å². The minimum Gasteiger partial charge on any atom is -0.381 e. The SMILES string of the molecule is CCCC[C@@H](CCCCn1ccnc1)OC. The number of unbranched alkanes of at least 4 members (excludes halogenated alkanes) is 2. The largest absolute Gasteiger partial charge is 0.381 e. The standard InChI is InChI=1S/C13H24N2O/c1-3-4-7-13(16-2)8-5-6-10-15-11-9-14-12-15/h9,11-13H,3-8,10H2,1-2H3/t13-/m0/s1. The van der Waals surface area contributed by atoms with Crippen molar-refractivity contribution in [2.75, 3.05) is 7.11 Å². The third kappa shape index (κ3) is 5.31. The molecule has 1 aromatic rings. The van der Waals surface area contributed by atoms with Crippen LogP contribution in [0.4, 0.5) is 0 Å². The van der Waals surface area contributed by atoms with Crippen LogP contribution in [0.25, 0.3) is 0 Å². The van der Waals surface area contributed by atoms with Gasteiger partial charge in [0.2, 0.25) is 0 Å². The lowest BCUT2D eigenvalue weighted by atomic mass is 10.1. The van der Waals surface area contributed by atoms with Gasteiger partial charge in [-0.15, -0.1) is 0 Å². The summed E-state index contributed by atoms with van der Waals surface area (Å²) in [5, 5.41) is 0. The first-order valence-corrected chi connectivity index (χ1v) is 6.35. The zero-order valence-electron chi connectivity index (χ0n) is 10.6. The summed E-state index contributed by atoms with van der Waals surface area (Å²) in [5.41, 5.74) is 0. The number of nitrogens with zero attached hydrogens (tertiary/aromatic N) is 2. The summed E-state index contributed by atoms with van der Waals surface area (Å²) in [6.45, 7) is 3.30. The first-order valence-electron chi connectivity index (χ1n) is 6.35. The van der Waals surface area contributed by atoms with E-state index in [0.29, 0.717) is 6.10 Å². The molecule has 0 aromatic carbocycles. The lowest BCUT2D eigenvalue weighted by Gasteiger charge is -2.14. The van der Waals surface area contributed by atoms with Crippen LogP contribution in [0, 0.1) is 0 Å². The van der Waals surface area contributed by atoms with Crippen LogP contribution in [0.1, 0.15) is 45.4 Å². The molecule has 3 heteroatoms. The van der Waals surface area contributed by atoms with E-state index in [4.69, 9.17) is 4.74 Å². The van der Waals surface area contributed by atoms with Gasteiger partial charge >= 0.3 is 0 Å². The van der Waals surface area contributed by atoms with Crippen molar-refractivity contribution in [3.63, 3.8) is 0 Å². The molecule has 0 radical (unpaired) electrons. The molecule has 1 atom stereocenters. The van der Waals surface area contributed by atoms with Gasteiger partial charge in [-0.1, -0.05) is 19.8 Å². The maximum absolute atomic E-state index is 5.47. The van der Waals surface area contributed by atoms with Crippen LogP contribution in [0.3, 0.4) is 0 Å². The number of methoxy groups -OCH3 is 1. The Morgan fingerprint density at radius 2 is 2.06 bits per heavy atom. The summed E-state index contributed by atoms with van der Waals surface area (Å²) in [7, 11) is 1.83. The Labute approximate surface area is 98.8 Å². The van der Waals surface area contributed by atoms with Gasteiger partial charge < -0.3 is 9.30 Å². The first-order chi connectivity index (χ1) is 7.86. The fourth-order valence-corrected chi connectivity index (χ4v) is 1.90. The lowest BCUT2D eigenvalue weighted by molar-refractivity contribution is 0.0835. The number of hydrogen-bond donors (Lipinski definition) is 0. The highest BCUT2D eigenvalue weighted by atomic mass is 16.5. The molecule has 0 saturated heterocycles. The van der Waals surface area contributed by atoms with Gasteiger partial charge in [0.1, 0.15) is 0 Å². The molecule has 0 saturated carbocycles. The number of aromatic nitrogens is 2. The molecule has 3 nitrogen and oxygen atoms in total. The minimum absolute atomic E-state index is 0.461. The van der Waals surface area contributed by atoms with Crippen LogP contribution in [-0.2, 0) is 11.3 Å². The van der Waals surface area contributed by atoms with Crippen LogP contribution < -0.4 is 0 Å². The lowest BCUT2D eigenvalue weighted by Crippen LogP contribution is -2.10. The van der Waals surface area contributed by atoms with Gasteiger partial charge in [-0.05, 0) is 25.7 Å². The number of imidazole rings is 1. The summed E-state index contributed by atoms with van der Waals surface area (Å²) in [6.07, 6.45) is 13.6. The molecule has 0 bridgehead atoms. The van der Waals surface area contributed by atoms with E-state index in [0.717, 1.165) is 6.54 Å². The Hall–Kier alpha value is -0.830. The molecular weight excluding hydrogens is 200 g/mol. The maximum Gasteiger partial charge on any atom is 0.0945 e. The monoisotopic (exact) mass is 224 g/mol. The van der Waals surface area contributed by atoms with E-state index in [9.17, 15) is 0 Å². The second-order valence-corrected chi connectivity index (χ2v) is 4.30. The third-order valence-corrected chi connectivity index (χ3v) is 2.96. The molecule has 0 amide bonds. The molecule has 0 fully saturated rings. The summed E-state index contributed by atoms with van der Waals surface area (Å²) < 4.78 is 7.60. The predicted molar refractivity (Wildman–Crippen MR) is 66.4 cm³/mol. The molecule has 0 aliphatic rings. The second kappa shape index (κ2) is 8.34. The van der Waals surface area contributed by atoms with E-state index in [2.05, 4.69) is 16.5 Å². The van der Waals surface area contributed by atoms with Crippen molar-refractivity contribution < 1.29 is 4.74 Å².